The number of likely N-dealkylation sites (tertiary alicyclic amines) is 1. The van der Waals surface area contributed by atoms with Crippen molar-refractivity contribution in [2.45, 2.75) is 18.9 Å². The van der Waals surface area contributed by atoms with E-state index in [1.54, 1.807) is 22.4 Å². The van der Waals surface area contributed by atoms with Crippen molar-refractivity contribution in [1.82, 2.24) is 9.88 Å². The molecule has 0 spiro atoms. The zero-order valence-corrected chi connectivity index (χ0v) is 14.7. The molecule has 2 aromatic rings. The van der Waals surface area contributed by atoms with Crippen LogP contribution in [0.15, 0.2) is 29.6 Å². The molecule has 1 saturated heterocycles. The quantitative estimate of drug-likeness (QED) is 0.872. The summed E-state index contributed by atoms with van der Waals surface area (Å²) in [6, 6.07) is 6.17. The van der Waals surface area contributed by atoms with Crippen LogP contribution in [0.4, 0.5) is 4.39 Å². The molecule has 0 saturated carbocycles. The Bertz CT molecular complexity index is 650. The van der Waals surface area contributed by atoms with Gasteiger partial charge in [-0.15, -0.1) is 36.2 Å². The number of nitrogens with zero attached hydrogens (tertiary/aromatic N) is 2. The van der Waals surface area contributed by atoms with Crippen molar-refractivity contribution in [1.29, 1.82) is 0 Å². The third-order valence-corrected chi connectivity index (χ3v) is 4.45. The van der Waals surface area contributed by atoms with E-state index in [4.69, 9.17) is 5.73 Å². The molecule has 126 valence electrons. The molecule has 0 bridgehead atoms. The topological polar surface area (TPSA) is 59.2 Å². The van der Waals surface area contributed by atoms with Crippen molar-refractivity contribution in [2.75, 3.05) is 13.1 Å². The Morgan fingerprint density at radius 2 is 2.00 bits per heavy atom. The van der Waals surface area contributed by atoms with Gasteiger partial charge in [-0.1, -0.05) is 0 Å². The highest BCUT2D eigenvalue weighted by Gasteiger charge is 2.24. The highest BCUT2D eigenvalue weighted by Crippen LogP contribution is 2.25. The Labute approximate surface area is 150 Å². The molecule has 1 aromatic heterocycles. The Balaban J connectivity index is 0.00000132. The van der Waals surface area contributed by atoms with Gasteiger partial charge in [-0.2, -0.15) is 0 Å². The second-order valence-electron chi connectivity index (χ2n) is 5.20. The van der Waals surface area contributed by atoms with Crippen LogP contribution in [0.25, 0.3) is 10.6 Å². The van der Waals surface area contributed by atoms with Crippen molar-refractivity contribution < 1.29 is 9.18 Å². The van der Waals surface area contributed by atoms with E-state index in [1.165, 1.54) is 23.5 Å². The van der Waals surface area contributed by atoms with E-state index in [0.717, 1.165) is 30.0 Å². The number of carbonyl (C=O) groups excluding carboxylic acids is 1. The van der Waals surface area contributed by atoms with Crippen molar-refractivity contribution >= 4 is 42.1 Å². The zero-order valence-electron chi connectivity index (χ0n) is 12.3. The maximum absolute atomic E-state index is 12.9. The molecule has 0 aliphatic carbocycles. The number of aromatic nitrogens is 1. The van der Waals surface area contributed by atoms with Crippen LogP contribution in [0.3, 0.4) is 0 Å². The molecule has 2 N–H and O–H groups in total. The first kappa shape index (κ1) is 19.8. The fourth-order valence-corrected chi connectivity index (χ4v) is 3.25. The van der Waals surface area contributed by atoms with Crippen LogP contribution >= 0.6 is 36.2 Å². The van der Waals surface area contributed by atoms with Crippen LogP contribution in [0.5, 0.6) is 0 Å². The van der Waals surface area contributed by atoms with Gasteiger partial charge in [-0.05, 0) is 37.1 Å². The van der Waals surface area contributed by atoms with Gasteiger partial charge in [0.1, 0.15) is 16.5 Å². The first-order valence-corrected chi connectivity index (χ1v) is 7.78. The largest absolute Gasteiger partial charge is 0.336 e. The average molecular weight is 378 g/mol. The number of hydrogen-bond acceptors (Lipinski definition) is 4. The second kappa shape index (κ2) is 8.59. The Morgan fingerprint density at radius 1 is 1.30 bits per heavy atom. The summed E-state index contributed by atoms with van der Waals surface area (Å²) in [6.07, 6.45) is 1.89. The maximum atomic E-state index is 12.9. The van der Waals surface area contributed by atoms with Gasteiger partial charge >= 0.3 is 0 Å². The Hall–Kier alpha value is -1.21. The Morgan fingerprint density at radius 3 is 2.65 bits per heavy atom. The molecule has 1 amide bonds. The van der Waals surface area contributed by atoms with Gasteiger partial charge in [-0.3, -0.25) is 4.79 Å². The third-order valence-electron chi connectivity index (χ3n) is 3.56. The molecule has 1 unspecified atom stereocenters. The van der Waals surface area contributed by atoms with E-state index >= 15 is 0 Å². The lowest BCUT2D eigenvalue weighted by molar-refractivity contribution is 0.0704. The lowest BCUT2D eigenvalue weighted by Gasteiger charge is -2.30. The van der Waals surface area contributed by atoms with E-state index in [1.807, 2.05) is 0 Å². The summed E-state index contributed by atoms with van der Waals surface area (Å²) >= 11 is 1.39. The van der Waals surface area contributed by atoms with Crippen molar-refractivity contribution in [3.05, 3.63) is 41.2 Å². The minimum absolute atomic E-state index is 0. The molecule has 2 heterocycles. The number of nitrogens with two attached hydrogens (primary N) is 1. The van der Waals surface area contributed by atoms with Gasteiger partial charge < -0.3 is 10.6 Å². The highest BCUT2D eigenvalue weighted by molar-refractivity contribution is 7.13. The normalized spacial score (nSPS) is 17.1. The molecule has 1 atom stereocenters. The summed E-state index contributed by atoms with van der Waals surface area (Å²) < 4.78 is 12.9. The highest BCUT2D eigenvalue weighted by atomic mass is 35.5. The Kier molecular flexibility index (Phi) is 7.41. The van der Waals surface area contributed by atoms with E-state index in [-0.39, 0.29) is 42.6 Å². The van der Waals surface area contributed by atoms with E-state index in [2.05, 4.69) is 4.98 Å². The van der Waals surface area contributed by atoms with Crippen LogP contribution < -0.4 is 5.73 Å². The molecule has 3 rings (SSSR count). The third kappa shape index (κ3) is 4.64. The predicted molar refractivity (Wildman–Crippen MR) is 95.1 cm³/mol. The number of rotatable bonds is 2. The summed E-state index contributed by atoms with van der Waals surface area (Å²) in [5.74, 6) is -0.358. The number of amides is 1. The number of hydrogen-bond donors (Lipinski definition) is 1. The molecule has 23 heavy (non-hydrogen) atoms. The van der Waals surface area contributed by atoms with Crippen molar-refractivity contribution in [3.8, 4) is 10.6 Å². The fourth-order valence-electron chi connectivity index (χ4n) is 2.45. The van der Waals surface area contributed by atoms with Gasteiger partial charge in [0.25, 0.3) is 5.91 Å². The maximum Gasteiger partial charge on any atom is 0.273 e. The number of thiazole rings is 1. The van der Waals surface area contributed by atoms with E-state index in [9.17, 15) is 9.18 Å². The molecule has 8 heteroatoms. The standard InChI is InChI=1S/C15H16FN3OS.2ClH/c16-11-5-3-10(4-6-11)14-18-13(9-21-14)15(20)19-7-1-2-12(17)8-19;;/h3-6,9,12H,1-2,7-8,17H2;2*1H. The van der Waals surface area contributed by atoms with E-state index in [0.29, 0.717) is 12.2 Å². The second-order valence-corrected chi connectivity index (χ2v) is 6.06. The monoisotopic (exact) mass is 377 g/mol. The number of piperidine rings is 1. The van der Waals surface area contributed by atoms with E-state index < -0.39 is 0 Å². The lowest BCUT2D eigenvalue weighted by atomic mass is 10.1. The number of halogens is 3. The predicted octanol–water partition coefficient (Wildman–Crippen LogP) is 3.36. The minimum Gasteiger partial charge on any atom is -0.336 e. The molecule has 1 aliphatic rings. The van der Waals surface area contributed by atoms with Crippen molar-refractivity contribution in [3.63, 3.8) is 0 Å². The molecule has 1 aromatic carbocycles. The minimum atomic E-state index is -0.283. The van der Waals surface area contributed by atoms with Gasteiger partial charge in [0.2, 0.25) is 0 Å². The fraction of sp³-hybridized carbons (Fsp3) is 0.333. The molecule has 1 aliphatic heterocycles. The molecule has 1 fully saturated rings. The van der Waals surface area contributed by atoms with Crippen LogP contribution in [0.2, 0.25) is 0 Å². The van der Waals surface area contributed by atoms with Crippen LogP contribution in [0.1, 0.15) is 23.3 Å². The molecular weight excluding hydrogens is 360 g/mol. The summed E-state index contributed by atoms with van der Waals surface area (Å²) in [5.41, 5.74) is 7.16. The first-order chi connectivity index (χ1) is 10.1. The zero-order chi connectivity index (χ0) is 14.8. The van der Waals surface area contributed by atoms with Gasteiger partial charge in [0.15, 0.2) is 0 Å². The molecule has 0 radical (unpaired) electrons. The van der Waals surface area contributed by atoms with Crippen LogP contribution in [-0.2, 0) is 0 Å². The smallest absolute Gasteiger partial charge is 0.273 e. The van der Waals surface area contributed by atoms with Gasteiger partial charge in [0, 0.05) is 30.1 Å². The summed E-state index contributed by atoms with van der Waals surface area (Å²) in [5, 5.41) is 2.47. The molecule has 4 nitrogen and oxygen atoms in total. The first-order valence-electron chi connectivity index (χ1n) is 6.90. The SMILES string of the molecule is Cl.Cl.NC1CCCN(C(=O)c2csc(-c3ccc(F)cc3)n2)C1. The number of carbonyl (C=O) groups is 1. The average Bonchev–Trinajstić information content (AvgIpc) is 2.97. The molecular formula is C15H18Cl2FN3OS. The van der Waals surface area contributed by atoms with Crippen LogP contribution in [-0.4, -0.2) is 34.9 Å². The van der Waals surface area contributed by atoms with Gasteiger partial charge in [0.05, 0.1) is 0 Å². The number of benzene rings is 1. The van der Waals surface area contributed by atoms with Gasteiger partial charge in [-0.25, -0.2) is 9.37 Å². The van der Waals surface area contributed by atoms with Crippen molar-refractivity contribution in [2.24, 2.45) is 5.73 Å². The van der Waals surface area contributed by atoms with Crippen LogP contribution in [0, 0.1) is 5.82 Å². The summed E-state index contributed by atoms with van der Waals surface area (Å²) in [7, 11) is 0. The summed E-state index contributed by atoms with van der Waals surface area (Å²) in [6.45, 7) is 1.32. The lowest BCUT2D eigenvalue weighted by Crippen LogP contribution is -2.45. The summed E-state index contributed by atoms with van der Waals surface area (Å²) in [4.78, 5) is 18.5.